The summed E-state index contributed by atoms with van der Waals surface area (Å²) in [5.74, 6) is 0. The quantitative estimate of drug-likeness (QED) is 0.369. The maximum atomic E-state index is 8.82. The van der Waals surface area contributed by atoms with Crippen LogP contribution in [0.3, 0.4) is 0 Å². The molecule has 8 heavy (non-hydrogen) atoms. The molecule has 0 aliphatic carbocycles. The SMILES string of the molecule is O.O.[NaH].[O]=[Cr](=[O])([OH])[OH]. The second kappa shape index (κ2) is 7.97. The van der Waals surface area contributed by atoms with E-state index in [9.17, 15) is 0 Å². The van der Waals surface area contributed by atoms with Crippen molar-refractivity contribution in [2.24, 2.45) is 0 Å². The van der Waals surface area contributed by atoms with Crippen molar-refractivity contribution in [3.05, 3.63) is 0 Å². The Balaban J connectivity index is -0.0000000267. The predicted octanol–water partition coefficient (Wildman–Crippen LogP) is -3.65. The molecular weight excluding hydrogens is 171 g/mol. The van der Waals surface area contributed by atoms with Crippen LogP contribution in [-0.2, 0) is 21.2 Å². The van der Waals surface area contributed by atoms with Crippen LogP contribution in [0.2, 0.25) is 0 Å². The molecule has 8 heteroatoms. The summed E-state index contributed by atoms with van der Waals surface area (Å²) in [6.07, 6.45) is 0. The van der Waals surface area contributed by atoms with Gasteiger partial charge >= 0.3 is 59.1 Å². The fourth-order valence-corrected chi connectivity index (χ4v) is 0. The Morgan fingerprint density at radius 3 is 1.00 bits per heavy atom. The first-order valence-corrected chi connectivity index (χ1v) is 2.88. The first-order chi connectivity index (χ1) is 2.00. The number of hydrogen-bond donors (Lipinski definition) is 2. The van der Waals surface area contributed by atoms with Crippen molar-refractivity contribution in [1.29, 1.82) is 0 Å². The fraction of sp³-hybridized carbons (Fsp3) is 0. The molecule has 0 aromatic rings. The molecule has 0 bridgehead atoms. The number of rotatable bonds is 0. The van der Waals surface area contributed by atoms with Gasteiger partial charge in [0.05, 0.1) is 0 Å². The Hall–Kier alpha value is 0.972. The molecule has 0 fully saturated rings. The molecule has 6 N–H and O–H groups in total. The van der Waals surface area contributed by atoms with Crippen LogP contribution in [0, 0.1) is 0 Å². The van der Waals surface area contributed by atoms with Gasteiger partial charge < -0.3 is 11.0 Å². The van der Waals surface area contributed by atoms with Crippen molar-refractivity contribution in [3.63, 3.8) is 0 Å². The van der Waals surface area contributed by atoms with Gasteiger partial charge in [0.25, 0.3) is 0 Å². The zero-order chi connectivity index (χ0) is 4.50. The Morgan fingerprint density at radius 2 is 1.00 bits per heavy atom. The molecule has 50 valence electrons. The van der Waals surface area contributed by atoms with Gasteiger partial charge in [0.15, 0.2) is 0 Å². The fourth-order valence-electron chi connectivity index (χ4n) is 0. The van der Waals surface area contributed by atoms with Gasteiger partial charge in [-0.05, 0) is 0 Å². The molecule has 0 saturated carbocycles. The van der Waals surface area contributed by atoms with E-state index in [1.165, 1.54) is 0 Å². The summed E-state index contributed by atoms with van der Waals surface area (Å²) in [5.41, 5.74) is 0. The average molecular weight is 178 g/mol. The van der Waals surface area contributed by atoms with Crippen LogP contribution in [0.1, 0.15) is 0 Å². The van der Waals surface area contributed by atoms with Gasteiger partial charge in [0, 0.05) is 0 Å². The van der Waals surface area contributed by atoms with E-state index in [0.717, 1.165) is 0 Å². The van der Waals surface area contributed by atoms with Crippen molar-refractivity contribution >= 4 is 29.6 Å². The van der Waals surface area contributed by atoms with Gasteiger partial charge in [-0.25, -0.2) is 0 Å². The van der Waals surface area contributed by atoms with E-state index in [0.29, 0.717) is 0 Å². The van der Waals surface area contributed by atoms with Crippen LogP contribution in [0.15, 0.2) is 0 Å². The molecule has 0 rings (SSSR count). The summed E-state index contributed by atoms with van der Waals surface area (Å²) in [6.45, 7) is 0. The topological polar surface area (TPSA) is 138 Å². The molecule has 0 aliphatic heterocycles. The van der Waals surface area contributed by atoms with Crippen molar-refractivity contribution < 1.29 is 40.5 Å². The van der Waals surface area contributed by atoms with Crippen LogP contribution in [0.25, 0.3) is 0 Å². The van der Waals surface area contributed by atoms with Crippen molar-refractivity contribution in [2.45, 2.75) is 0 Å². The zero-order valence-corrected chi connectivity index (χ0v) is 4.39. The molecule has 0 heterocycles. The third-order valence-corrected chi connectivity index (χ3v) is 0. The Labute approximate surface area is 69.8 Å². The van der Waals surface area contributed by atoms with Gasteiger partial charge in [-0.15, -0.1) is 0 Å². The van der Waals surface area contributed by atoms with E-state index < -0.39 is 13.6 Å². The van der Waals surface area contributed by atoms with Gasteiger partial charge in [0.2, 0.25) is 0 Å². The van der Waals surface area contributed by atoms with Gasteiger partial charge in [-0.3, -0.25) is 0 Å². The van der Waals surface area contributed by atoms with Gasteiger partial charge in [0.1, 0.15) is 0 Å². The molecule has 0 radical (unpaired) electrons. The summed E-state index contributed by atoms with van der Waals surface area (Å²) in [7, 11) is 0. The number of hydrogen-bond acceptors (Lipinski definition) is 2. The van der Waals surface area contributed by atoms with E-state index in [1.54, 1.807) is 0 Å². The first-order valence-electron chi connectivity index (χ1n) is 0.698. The molecule has 0 aromatic carbocycles. The second-order valence-electron chi connectivity index (χ2n) is 0.448. The summed E-state index contributed by atoms with van der Waals surface area (Å²) in [4.78, 5) is 0. The summed E-state index contributed by atoms with van der Waals surface area (Å²) in [6, 6.07) is 0. The standard InChI is InChI=1S/Cr.Na.4H2O.2O.H/h;;4*1H2;;;/q+2;;;;;;;;/p-2. The van der Waals surface area contributed by atoms with Crippen LogP contribution < -0.4 is 0 Å². The molecule has 0 aromatic heterocycles. The van der Waals surface area contributed by atoms with E-state index in [1.807, 2.05) is 0 Å². The first kappa shape index (κ1) is 23.1. The van der Waals surface area contributed by atoms with Crippen LogP contribution in [0.5, 0.6) is 0 Å². The molecule has 0 amide bonds. The summed E-state index contributed by atoms with van der Waals surface area (Å²) in [5, 5.41) is 0. The van der Waals surface area contributed by atoms with Crippen molar-refractivity contribution in [1.82, 2.24) is 0 Å². The molecule has 6 nitrogen and oxygen atoms in total. The second-order valence-corrected chi connectivity index (χ2v) is 1.85. The molecular formula is H7CrNaO6. The van der Waals surface area contributed by atoms with Gasteiger partial charge in [-0.1, -0.05) is 0 Å². The van der Waals surface area contributed by atoms with Crippen LogP contribution >= 0.6 is 0 Å². The molecule has 0 saturated heterocycles. The summed E-state index contributed by atoms with van der Waals surface area (Å²) < 4.78 is 31.9. The molecule has 0 atom stereocenters. The minimum atomic E-state index is -5.25. The Bertz CT molecular complexity index is 91.7. The van der Waals surface area contributed by atoms with Gasteiger partial charge in [-0.2, -0.15) is 0 Å². The van der Waals surface area contributed by atoms with Crippen molar-refractivity contribution in [2.75, 3.05) is 0 Å². The third kappa shape index (κ3) is 263. The monoisotopic (exact) mass is 178 g/mol. The molecule has 0 spiro atoms. The van der Waals surface area contributed by atoms with E-state index in [4.69, 9.17) is 15.9 Å². The van der Waals surface area contributed by atoms with Crippen molar-refractivity contribution in [3.8, 4) is 0 Å². The third-order valence-electron chi connectivity index (χ3n) is 0. The van der Waals surface area contributed by atoms with E-state index in [2.05, 4.69) is 0 Å². The zero-order valence-electron chi connectivity index (χ0n) is 3.12. The van der Waals surface area contributed by atoms with Crippen LogP contribution in [-0.4, -0.2) is 48.8 Å². The van der Waals surface area contributed by atoms with E-state index >= 15 is 0 Å². The Kier molecular flexibility index (Phi) is 23.0. The minimum absolute atomic E-state index is 0. The molecule has 0 unspecified atom stereocenters. The Morgan fingerprint density at radius 1 is 1.00 bits per heavy atom. The maximum absolute atomic E-state index is 8.82. The molecule has 0 aliphatic rings. The average Bonchev–Trinajstić information content (AvgIpc) is 0.722. The normalized spacial score (nSPS) is 7.25. The van der Waals surface area contributed by atoms with E-state index in [-0.39, 0.29) is 40.5 Å². The predicted molar refractivity (Wildman–Crippen MR) is 20.2 cm³/mol. The summed E-state index contributed by atoms with van der Waals surface area (Å²) >= 11 is -5.25. The van der Waals surface area contributed by atoms with Crippen LogP contribution in [0.4, 0.5) is 0 Å².